The molecular formula is C46H50N4O11. The van der Waals surface area contributed by atoms with Crippen molar-refractivity contribution in [2.45, 2.75) is 58.2 Å². The number of carbonyl (C=O) groups excluding carboxylic acids is 6. The first-order valence-electron chi connectivity index (χ1n) is 19.9. The van der Waals surface area contributed by atoms with Gasteiger partial charge in [0.25, 0.3) is 11.8 Å². The van der Waals surface area contributed by atoms with Crippen LogP contribution in [0.4, 0.5) is 0 Å². The minimum absolute atomic E-state index is 0.0477. The van der Waals surface area contributed by atoms with E-state index in [-0.39, 0.29) is 48.6 Å². The molecule has 4 amide bonds. The van der Waals surface area contributed by atoms with Gasteiger partial charge in [0.15, 0.2) is 5.76 Å². The zero-order chi connectivity index (χ0) is 43.7. The first-order chi connectivity index (χ1) is 29.6. The molecule has 0 bridgehead atoms. The molecule has 4 aromatic carbocycles. The molecule has 0 spiro atoms. The Morgan fingerprint density at radius 3 is 2.25 bits per heavy atom. The summed E-state index contributed by atoms with van der Waals surface area (Å²) in [5, 5.41) is 11.4. The van der Waals surface area contributed by atoms with Gasteiger partial charge in [-0.2, -0.15) is 0 Å². The number of ether oxygens (including phenoxy) is 3. The molecule has 0 aliphatic heterocycles. The number of aryl methyl sites for hydroxylation is 1. The van der Waals surface area contributed by atoms with Gasteiger partial charge in [0.1, 0.15) is 24.2 Å². The van der Waals surface area contributed by atoms with Crippen LogP contribution in [0.15, 0.2) is 108 Å². The van der Waals surface area contributed by atoms with Crippen molar-refractivity contribution in [3.05, 3.63) is 126 Å². The number of fused-ring (bicyclic) bond motifs is 1. The van der Waals surface area contributed by atoms with Crippen molar-refractivity contribution in [1.82, 2.24) is 21.0 Å². The molecule has 0 saturated carbocycles. The number of benzene rings is 4. The van der Waals surface area contributed by atoms with Crippen LogP contribution in [-0.4, -0.2) is 80.7 Å². The Balaban J connectivity index is 1.26. The predicted octanol–water partition coefficient (Wildman–Crippen LogP) is 5.75. The van der Waals surface area contributed by atoms with Gasteiger partial charge in [-0.3, -0.25) is 28.8 Å². The minimum atomic E-state index is -1.30. The van der Waals surface area contributed by atoms with Crippen molar-refractivity contribution in [2.75, 3.05) is 27.5 Å². The number of rotatable bonds is 22. The summed E-state index contributed by atoms with van der Waals surface area (Å²) in [6.45, 7) is 3.71. The fraction of sp³-hybridized carbons (Fsp3) is 0.304. The number of esters is 2. The van der Waals surface area contributed by atoms with E-state index in [0.29, 0.717) is 31.2 Å². The molecular weight excluding hydrogens is 785 g/mol. The second kappa shape index (κ2) is 22.4. The Morgan fingerprint density at radius 1 is 0.787 bits per heavy atom. The number of hydrogen-bond acceptors (Lipinski definition) is 11. The lowest BCUT2D eigenvalue weighted by Crippen LogP contribution is -2.48. The number of nitrogens with one attached hydrogen (secondary N) is 3. The lowest BCUT2D eigenvalue weighted by molar-refractivity contribution is -0.200. The summed E-state index contributed by atoms with van der Waals surface area (Å²) in [5.74, 6) is -3.54. The van der Waals surface area contributed by atoms with E-state index in [9.17, 15) is 28.8 Å². The number of carbonyl (C=O) groups is 6. The molecule has 1 heterocycles. The van der Waals surface area contributed by atoms with E-state index in [0.717, 1.165) is 36.1 Å². The van der Waals surface area contributed by atoms with Crippen molar-refractivity contribution in [3.8, 4) is 17.1 Å². The van der Waals surface area contributed by atoms with E-state index in [4.69, 9.17) is 18.7 Å². The van der Waals surface area contributed by atoms with Crippen LogP contribution in [0.25, 0.3) is 22.1 Å². The molecule has 0 aliphatic rings. The predicted molar refractivity (Wildman–Crippen MR) is 225 cm³/mol. The third-order valence-electron chi connectivity index (χ3n) is 9.97. The number of hydroxylamine groups is 2. The van der Waals surface area contributed by atoms with E-state index in [1.165, 1.54) is 17.2 Å². The van der Waals surface area contributed by atoms with Crippen LogP contribution in [0.3, 0.4) is 0 Å². The summed E-state index contributed by atoms with van der Waals surface area (Å²) in [7, 11) is 2.30. The Kier molecular flexibility index (Phi) is 16.6. The Bertz CT molecular complexity index is 2290. The van der Waals surface area contributed by atoms with Crippen molar-refractivity contribution in [2.24, 2.45) is 5.92 Å². The molecule has 15 heteroatoms. The molecule has 3 unspecified atom stereocenters. The Labute approximate surface area is 353 Å². The first-order valence-corrected chi connectivity index (χ1v) is 19.9. The van der Waals surface area contributed by atoms with Gasteiger partial charge in [0.05, 0.1) is 51.4 Å². The van der Waals surface area contributed by atoms with Crippen LogP contribution in [-0.2, 0) is 46.5 Å². The van der Waals surface area contributed by atoms with E-state index in [2.05, 4.69) is 26.8 Å². The van der Waals surface area contributed by atoms with Gasteiger partial charge in [0.2, 0.25) is 12.3 Å². The maximum absolute atomic E-state index is 13.9. The molecule has 1 aromatic heterocycles. The highest BCUT2D eigenvalue weighted by atomic mass is 16.7. The largest absolute Gasteiger partial charge is 0.493 e. The van der Waals surface area contributed by atoms with Crippen LogP contribution in [0.5, 0.6) is 5.75 Å². The lowest BCUT2D eigenvalue weighted by Gasteiger charge is -2.32. The molecule has 5 aromatic rings. The third kappa shape index (κ3) is 12.3. The number of methoxy groups -OCH3 is 2. The molecule has 61 heavy (non-hydrogen) atoms. The molecule has 0 fully saturated rings. The number of furan rings is 1. The van der Waals surface area contributed by atoms with E-state index in [1.54, 1.807) is 25.1 Å². The van der Waals surface area contributed by atoms with Crippen molar-refractivity contribution in [3.63, 3.8) is 0 Å². The average Bonchev–Trinajstić information content (AvgIpc) is 3.79. The average molecular weight is 835 g/mol. The zero-order valence-electron chi connectivity index (χ0n) is 34.5. The fourth-order valence-corrected chi connectivity index (χ4v) is 6.79. The third-order valence-corrected chi connectivity index (χ3v) is 9.97. The number of hydrogen-bond donors (Lipinski definition) is 3. The lowest BCUT2D eigenvalue weighted by atomic mass is 9.89. The summed E-state index contributed by atoms with van der Waals surface area (Å²) < 4.78 is 20.9. The SMILES string of the molecule is CCOc1cc(-c2ccc(C(=O)NCNC(=O)C(CCc3ccc4ccccc4c3)C(CC)N(C=O)OCc3ccccc3)o2)ccc1C(=O)NC(CC(=O)OC)C(=O)OC. The number of nitrogens with zero attached hydrogens (tertiary/aromatic N) is 1. The highest BCUT2D eigenvalue weighted by Gasteiger charge is 2.32. The second-order valence-corrected chi connectivity index (χ2v) is 13.9. The minimum Gasteiger partial charge on any atom is -0.493 e. The standard InChI is InChI=1S/C46H50N4O11/c1-5-38(50(29-51)60-27-31-12-8-7-9-13-31)35(20-17-30-16-18-32-14-10-11-15-33(32)24-30)43(53)47-28-48-45(55)40-23-22-39(61-40)34-19-21-36(41(25-34)59-6-2)44(54)49-37(46(56)58-4)26-42(52)57-3/h7-16,18-19,21-25,29,35,37-38H,5-6,17,20,26-28H2,1-4H3,(H,47,53)(H,48,55)(H,49,54). The molecule has 3 N–H and O–H groups in total. The zero-order valence-corrected chi connectivity index (χ0v) is 34.5. The van der Waals surface area contributed by atoms with Crippen molar-refractivity contribution in [1.29, 1.82) is 0 Å². The van der Waals surface area contributed by atoms with Crippen LogP contribution < -0.4 is 20.7 Å². The maximum atomic E-state index is 13.9. The Morgan fingerprint density at radius 2 is 1.54 bits per heavy atom. The molecule has 15 nitrogen and oxygen atoms in total. The summed E-state index contributed by atoms with van der Waals surface area (Å²) in [6, 6.07) is 29.3. The van der Waals surface area contributed by atoms with E-state index in [1.807, 2.05) is 73.7 Å². The monoisotopic (exact) mass is 834 g/mol. The molecule has 320 valence electrons. The summed E-state index contributed by atoms with van der Waals surface area (Å²) in [6.07, 6.45) is 1.52. The first kappa shape index (κ1) is 45.1. The van der Waals surface area contributed by atoms with Gasteiger partial charge in [-0.25, -0.2) is 9.86 Å². The number of amides is 4. The summed E-state index contributed by atoms with van der Waals surface area (Å²) in [5.41, 5.74) is 2.44. The molecule has 0 radical (unpaired) electrons. The van der Waals surface area contributed by atoms with Gasteiger partial charge in [-0.05, 0) is 72.4 Å². The van der Waals surface area contributed by atoms with Crippen LogP contribution >= 0.6 is 0 Å². The van der Waals surface area contributed by atoms with Gasteiger partial charge in [-0.1, -0.05) is 85.8 Å². The second-order valence-electron chi connectivity index (χ2n) is 13.9. The maximum Gasteiger partial charge on any atom is 0.328 e. The normalized spacial score (nSPS) is 12.3. The molecule has 0 aliphatic carbocycles. The highest BCUT2D eigenvalue weighted by molar-refractivity contribution is 6.00. The van der Waals surface area contributed by atoms with Crippen LogP contribution in [0.2, 0.25) is 0 Å². The van der Waals surface area contributed by atoms with Crippen LogP contribution in [0, 0.1) is 5.92 Å². The topological polar surface area (TPSA) is 192 Å². The highest BCUT2D eigenvalue weighted by Crippen LogP contribution is 2.30. The molecule has 3 atom stereocenters. The van der Waals surface area contributed by atoms with Crippen molar-refractivity contribution >= 4 is 46.8 Å². The van der Waals surface area contributed by atoms with Gasteiger partial charge in [0, 0.05) is 5.56 Å². The van der Waals surface area contributed by atoms with Crippen molar-refractivity contribution < 1.29 is 52.2 Å². The molecule has 0 saturated heterocycles. The van der Waals surface area contributed by atoms with Gasteiger partial charge >= 0.3 is 11.9 Å². The van der Waals surface area contributed by atoms with Gasteiger partial charge < -0.3 is 34.6 Å². The Hall–Kier alpha value is -7.00. The summed E-state index contributed by atoms with van der Waals surface area (Å²) in [4.78, 5) is 82.8. The van der Waals surface area contributed by atoms with E-state index < -0.39 is 48.2 Å². The van der Waals surface area contributed by atoms with E-state index >= 15 is 0 Å². The van der Waals surface area contributed by atoms with Gasteiger partial charge in [-0.15, -0.1) is 0 Å². The fourth-order valence-electron chi connectivity index (χ4n) is 6.79. The smallest absolute Gasteiger partial charge is 0.328 e. The quantitative estimate of drug-likeness (QED) is 0.0333. The van der Waals surface area contributed by atoms with Crippen LogP contribution in [0.1, 0.15) is 65.1 Å². The summed E-state index contributed by atoms with van der Waals surface area (Å²) >= 11 is 0. The molecule has 5 rings (SSSR count).